The lowest BCUT2D eigenvalue weighted by molar-refractivity contribution is 0.587. The first-order valence-electron chi connectivity index (χ1n) is 6.28. The van der Waals surface area contributed by atoms with Crippen molar-refractivity contribution in [2.45, 2.75) is 43.4 Å². The smallest absolute Gasteiger partial charge is 0.116 e. The summed E-state index contributed by atoms with van der Waals surface area (Å²) in [5, 5.41) is 5.30. The molecule has 0 fully saturated rings. The van der Waals surface area contributed by atoms with E-state index in [1.54, 1.807) is 24.3 Å². The molecule has 4 nitrogen and oxygen atoms in total. The van der Waals surface area contributed by atoms with Crippen LogP contribution < -0.4 is 5.32 Å². The van der Waals surface area contributed by atoms with Crippen molar-refractivity contribution in [1.29, 1.82) is 0 Å². The van der Waals surface area contributed by atoms with Gasteiger partial charge >= 0.3 is 0 Å². The molecule has 5 heteroatoms. The van der Waals surface area contributed by atoms with Crippen LogP contribution >= 0.6 is 11.8 Å². The van der Waals surface area contributed by atoms with Crippen molar-refractivity contribution in [3.63, 3.8) is 0 Å². The van der Waals surface area contributed by atoms with Gasteiger partial charge in [-0.3, -0.25) is 0 Å². The molecule has 0 aliphatic heterocycles. The number of rotatable bonds is 5. The average Bonchev–Trinajstić information content (AvgIpc) is 2.40. The molecule has 0 aromatic carbocycles. The molecule has 0 aliphatic carbocycles. The van der Waals surface area contributed by atoms with Crippen molar-refractivity contribution < 1.29 is 0 Å². The molecule has 0 atom stereocenters. The van der Waals surface area contributed by atoms with Crippen molar-refractivity contribution in [3.05, 3.63) is 42.0 Å². The van der Waals surface area contributed by atoms with E-state index in [0.717, 1.165) is 16.6 Å². The van der Waals surface area contributed by atoms with E-state index in [0.29, 0.717) is 6.04 Å². The van der Waals surface area contributed by atoms with Crippen LogP contribution in [0.2, 0.25) is 0 Å². The summed E-state index contributed by atoms with van der Waals surface area (Å²) in [4.78, 5) is 12.6. The Balaban J connectivity index is 2.07. The molecular weight excluding hydrogens is 256 g/mol. The molecule has 2 aromatic rings. The summed E-state index contributed by atoms with van der Waals surface area (Å²) in [5.41, 5.74) is 2.38. The Labute approximate surface area is 118 Å². The van der Waals surface area contributed by atoms with Crippen LogP contribution in [0.4, 0.5) is 0 Å². The first kappa shape index (κ1) is 14.0. The van der Waals surface area contributed by atoms with E-state index in [1.807, 2.05) is 12.3 Å². The minimum Gasteiger partial charge on any atom is -0.310 e. The van der Waals surface area contributed by atoms with Crippen LogP contribution in [0.1, 0.15) is 25.0 Å². The Morgan fingerprint density at radius 1 is 1.32 bits per heavy atom. The molecule has 0 aliphatic rings. The minimum atomic E-state index is 0.482. The Bertz CT molecular complexity index is 528. The lowest BCUT2D eigenvalue weighted by Gasteiger charge is -2.10. The fourth-order valence-electron chi connectivity index (χ4n) is 1.58. The SMILES string of the molecule is Cc1cc(CNC(C)C)cnc1Sc1ccncn1. The van der Waals surface area contributed by atoms with Crippen LogP contribution in [0.15, 0.2) is 40.9 Å². The summed E-state index contributed by atoms with van der Waals surface area (Å²) in [6, 6.07) is 4.54. The zero-order valence-corrected chi connectivity index (χ0v) is 12.2. The monoisotopic (exact) mass is 274 g/mol. The van der Waals surface area contributed by atoms with Gasteiger partial charge in [-0.05, 0) is 35.9 Å². The Morgan fingerprint density at radius 2 is 2.16 bits per heavy atom. The molecule has 19 heavy (non-hydrogen) atoms. The lowest BCUT2D eigenvalue weighted by atomic mass is 10.2. The van der Waals surface area contributed by atoms with Gasteiger partial charge in [-0.1, -0.05) is 19.9 Å². The second-order valence-electron chi connectivity index (χ2n) is 4.65. The van der Waals surface area contributed by atoms with E-state index in [-0.39, 0.29) is 0 Å². The summed E-state index contributed by atoms with van der Waals surface area (Å²) in [7, 11) is 0. The third-order valence-electron chi connectivity index (χ3n) is 2.56. The van der Waals surface area contributed by atoms with Crippen molar-refractivity contribution in [3.8, 4) is 0 Å². The third-order valence-corrected chi connectivity index (χ3v) is 3.63. The van der Waals surface area contributed by atoms with E-state index < -0.39 is 0 Å². The van der Waals surface area contributed by atoms with Gasteiger partial charge in [-0.25, -0.2) is 15.0 Å². The lowest BCUT2D eigenvalue weighted by Crippen LogP contribution is -2.21. The number of nitrogens with one attached hydrogen (secondary N) is 1. The second kappa shape index (κ2) is 6.63. The Kier molecular flexibility index (Phi) is 4.87. The molecule has 0 bridgehead atoms. The van der Waals surface area contributed by atoms with Gasteiger partial charge in [0.25, 0.3) is 0 Å². The Morgan fingerprint density at radius 3 is 2.79 bits per heavy atom. The summed E-state index contributed by atoms with van der Waals surface area (Å²) >= 11 is 1.56. The van der Waals surface area contributed by atoms with E-state index in [9.17, 15) is 0 Å². The molecule has 0 saturated heterocycles. The van der Waals surface area contributed by atoms with Gasteiger partial charge in [0.2, 0.25) is 0 Å². The highest BCUT2D eigenvalue weighted by molar-refractivity contribution is 7.99. The van der Waals surface area contributed by atoms with Gasteiger partial charge in [0.05, 0.1) is 0 Å². The average molecular weight is 274 g/mol. The quantitative estimate of drug-likeness (QED) is 0.850. The molecule has 0 radical (unpaired) electrons. The Hall–Kier alpha value is -1.46. The highest BCUT2D eigenvalue weighted by atomic mass is 32.2. The zero-order chi connectivity index (χ0) is 13.7. The maximum absolute atomic E-state index is 4.51. The molecule has 0 unspecified atom stereocenters. The summed E-state index contributed by atoms with van der Waals surface area (Å²) in [5.74, 6) is 0. The van der Waals surface area contributed by atoms with Gasteiger partial charge in [-0.2, -0.15) is 0 Å². The number of hydrogen-bond acceptors (Lipinski definition) is 5. The number of pyridine rings is 1. The zero-order valence-electron chi connectivity index (χ0n) is 11.4. The van der Waals surface area contributed by atoms with Crippen LogP contribution in [0.3, 0.4) is 0 Å². The number of hydrogen-bond donors (Lipinski definition) is 1. The maximum Gasteiger partial charge on any atom is 0.116 e. The standard InChI is InChI=1S/C14H18N4S/c1-10(2)16-7-12-6-11(3)14(17-8-12)19-13-4-5-15-9-18-13/h4-6,8-10,16H,7H2,1-3H3. The molecule has 0 amide bonds. The van der Waals surface area contributed by atoms with Crippen LogP contribution in [-0.4, -0.2) is 21.0 Å². The maximum atomic E-state index is 4.51. The summed E-state index contributed by atoms with van der Waals surface area (Å²) in [6.45, 7) is 7.21. The van der Waals surface area contributed by atoms with Crippen LogP contribution in [0.25, 0.3) is 0 Å². The molecule has 100 valence electrons. The molecule has 2 rings (SSSR count). The predicted octanol–water partition coefficient (Wildman–Crippen LogP) is 2.83. The molecule has 0 spiro atoms. The molecule has 2 aromatic heterocycles. The van der Waals surface area contributed by atoms with E-state index in [4.69, 9.17) is 0 Å². The van der Waals surface area contributed by atoms with Crippen LogP contribution in [0, 0.1) is 6.92 Å². The van der Waals surface area contributed by atoms with Gasteiger partial charge in [0.1, 0.15) is 16.4 Å². The molecule has 2 heterocycles. The predicted molar refractivity (Wildman–Crippen MR) is 77.1 cm³/mol. The fourth-order valence-corrected chi connectivity index (χ4v) is 2.34. The van der Waals surface area contributed by atoms with Crippen molar-refractivity contribution in [1.82, 2.24) is 20.3 Å². The first-order valence-corrected chi connectivity index (χ1v) is 7.09. The summed E-state index contributed by atoms with van der Waals surface area (Å²) < 4.78 is 0. The largest absolute Gasteiger partial charge is 0.310 e. The van der Waals surface area contributed by atoms with E-state index in [1.165, 1.54) is 11.1 Å². The summed E-state index contributed by atoms with van der Waals surface area (Å²) in [6.07, 6.45) is 5.22. The molecule has 0 saturated carbocycles. The van der Waals surface area contributed by atoms with Gasteiger partial charge in [-0.15, -0.1) is 0 Å². The molecular formula is C14H18N4S. The highest BCUT2D eigenvalue weighted by Crippen LogP contribution is 2.26. The van der Waals surface area contributed by atoms with Crippen LogP contribution in [0.5, 0.6) is 0 Å². The number of nitrogens with zero attached hydrogens (tertiary/aromatic N) is 3. The second-order valence-corrected chi connectivity index (χ2v) is 5.66. The number of aromatic nitrogens is 3. The topological polar surface area (TPSA) is 50.7 Å². The van der Waals surface area contributed by atoms with Crippen molar-refractivity contribution in [2.24, 2.45) is 0 Å². The fraction of sp³-hybridized carbons (Fsp3) is 0.357. The first-order chi connectivity index (χ1) is 9.15. The number of aryl methyl sites for hydroxylation is 1. The third kappa shape index (κ3) is 4.29. The highest BCUT2D eigenvalue weighted by Gasteiger charge is 2.05. The van der Waals surface area contributed by atoms with E-state index >= 15 is 0 Å². The minimum absolute atomic E-state index is 0.482. The van der Waals surface area contributed by atoms with Crippen molar-refractivity contribution in [2.75, 3.05) is 0 Å². The van der Waals surface area contributed by atoms with Crippen molar-refractivity contribution >= 4 is 11.8 Å². The van der Waals surface area contributed by atoms with E-state index in [2.05, 4.69) is 47.1 Å². The normalized spacial score (nSPS) is 10.9. The molecule has 1 N–H and O–H groups in total. The van der Waals surface area contributed by atoms with Crippen LogP contribution in [-0.2, 0) is 6.54 Å². The van der Waals surface area contributed by atoms with Gasteiger partial charge < -0.3 is 5.32 Å². The van der Waals surface area contributed by atoms with Gasteiger partial charge in [0, 0.05) is 25.0 Å². The van der Waals surface area contributed by atoms with Gasteiger partial charge in [0.15, 0.2) is 0 Å².